The summed E-state index contributed by atoms with van der Waals surface area (Å²) >= 11 is 0. The zero-order chi connectivity index (χ0) is 15.4. The van der Waals surface area contributed by atoms with E-state index in [0.29, 0.717) is 5.92 Å². The van der Waals surface area contributed by atoms with Gasteiger partial charge in [0, 0.05) is 12.0 Å². The Morgan fingerprint density at radius 2 is 1.95 bits per heavy atom. The van der Waals surface area contributed by atoms with Crippen molar-refractivity contribution in [1.82, 2.24) is 5.32 Å². The second kappa shape index (κ2) is 4.53. The van der Waals surface area contributed by atoms with Crippen molar-refractivity contribution in [2.45, 2.75) is 18.4 Å². The third-order valence-electron chi connectivity index (χ3n) is 4.63. The van der Waals surface area contributed by atoms with E-state index in [4.69, 9.17) is 0 Å². The molecular weight excluding hydrogens is 288 g/mol. The number of nitrogens with one attached hydrogen (secondary N) is 1. The molecule has 0 aromatic heterocycles. The largest absolute Gasteiger partial charge is 0.505 e. The van der Waals surface area contributed by atoms with Gasteiger partial charge >= 0.3 is 0 Å². The van der Waals surface area contributed by atoms with Crippen LogP contribution in [0.2, 0.25) is 0 Å². The number of hydrogen-bond donors (Lipinski definition) is 2. The number of carbonyl (C=O) groups excluding carboxylic acids is 1. The van der Waals surface area contributed by atoms with Gasteiger partial charge in [-0.25, -0.2) is 8.78 Å². The average Bonchev–Trinajstić information content (AvgIpc) is 3.01. The summed E-state index contributed by atoms with van der Waals surface area (Å²) in [7, 11) is 0. The second-order valence-electron chi connectivity index (χ2n) is 5.85. The Morgan fingerprint density at radius 3 is 2.77 bits per heavy atom. The van der Waals surface area contributed by atoms with E-state index in [2.05, 4.69) is 11.4 Å². The number of aromatic hydroxyl groups is 1. The van der Waals surface area contributed by atoms with E-state index in [9.17, 15) is 18.7 Å². The molecule has 2 aromatic rings. The molecule has 5 heteroatoms. The topological polar surface area (TPSA) is 49.3 Å². The van der Waals surface area contributed by atoms with E-state index >= 15 is 0 Å². The van der Waals surface area contributed by atoms with Crippen molar-refractivity contribution in [3.05, 3.63) is 64.7 Å². The molecule has 2 N–H and O–H groups in total. The van der Waals surface area contributed by atoms with Gasteiger partial charge in [-0.05, 0) is 35.6 Å². The molecule has 1 amide bonds. The molecule has 0 bridgehead atoms. The van der Waals surface area contributed by atoms with E-state index in [-0.39, 0.29) is 12.0 Å². The highest BCUT2D eigenvalue weighted by Gasteiger charge is 2.56. The lowest BCUT2D eigenvalue weighted by molar-refractivity contribution is 0.0938. The molecule has 0 heterocycles. The Labute approximate surface area is 125 Å². The number of phenolic OH excluding ortho intramolecular Hbond substituents is 1. The van der Waals surface area contributed by atoms with Crippen LogP contribution in [-0.2, 0) is 6.42 Å². The predicted molar refractivity (Wildman–Crippen MR) is 75.7 cm³/mol. The fraction of sp³-hybridized carbons (Fsp3) is 0.235. The lowest BCUT2D eigenvalue weighted by Gasteiger charge is -2.11. The van der Waals surface area contributed by atoms with Crippen LogP contribution in [0, 0.1) is 17.6 Å². The lowest BCUT2D eigenvalue weighted by Crippen LogP contribution is -2.30. The summed E-state index contributed by atoms with van der Waals surface area (Å²) in [6.45, 7) is 0. The van der Waals surface area contributed by atoms with E-state index in [0.717, 1.165) is 18.6 Å². The Hall–Kier alpha value is -2.43. The summed E-state index contributed by atoms with van der Waals surface area (Å²) in [5.41, 5.74) is 1.76. The van der Waals surface area contributed by atoms with Gasteiger partial charge in [-0.3, -0.25) is 4.79 Å². The monoisotopic (exact) mass is 301 g/mol. The van der Waals surface area contributed by atoms with Gasteiger partial charge in [0.2, 0.25) is 0 Å². The van der Waals surface area contributed by atoms with Gasteiger partial charge in [0.15, 0.2) is 11.6 Å². The van der Waals surface area contributed by atoms with Crippen molar-refractivity contribution in [3.8, 4) is 5.75 Å². The number of hydrogen-bond acceptors (Lipinski definition) is 2. The first-order valence-electron chi connectivity index (χ1n) is 7.13. The minimum Gasteiger partial charge on any atom is -0.505 e. The lowest BCUT2D eigenvalue weighted by atomic mass is 10.0. The molecule has 0 saturated heterocycles. The van der Waals surface area contributed by atoms with Gasteiger partial charge in [0.25, 0.3) is 5.91 Å². The second-order valence-corrected chi connectivity index (χ2v) is 5.85. The highest BCUT2D eigenvalue weighted by molar-refractivity contribution is 5.95. The maximum Gasteiger partial charge on any atom is 0.257 e. The van der Waals surface area contributed by atoms with Crippen molar-refractivity contribution >= 4 is 5.91 Å². The number of phenols is 1. The zero-order valence-corrected chi connectivity index (χ0v) is 11.5. The quantitative estimate of drug-likeness (QED) is 0.896. The molecule has 22 heavy (non-hydrogen) atoms. The van der Waals surface area contributed by atoms with Crippen LogP contribution in [0.4, 0.5) is 8.78 Å². The number of halogens is 2. The van der Waals surface area contributed by atoms with E-state index in [1.165, 1.54) is 11.1 Å². The Balaban J connectivity index is 1.56. The summed E-state index contributed by atoms with van der Waals surface area (Å²) in [5, 5.41) is 12.0. The van der Waals surface area contributed by atoms with E-state index < -0.39 is 28.9 Å². The first-order chi connectivity index (χ1) is 10.6. The molecule has 2 aliphatic carbocycles. The summed E-state index contributed by atoms with van der Waals surface area (Å²) < 4.78 is 27.4. The minimum absolute atomic E-state index is 0.0939. The SMILES string of the molecule is O=C(N[C@@H]1[C@H]2Cc3ccccc3[C@@H]21)c1c(F)ccc(O)c1F. The van der Waals surface area contributed by atoms with Crippen LogP contribution < -0.4 is 5.32 Å². The molecule has 0 spiro atoms. The number of amides is 1. The minimum atomic E-state index is -1.22. The molecule has 2 aromatic carbocycles. The van der Waals surface area contributed by atoms with Crippen molar-refractivity contribution in [1.29, 1.82) is 0 Å². The molecule has 112 valence electrons. The van der Waals surface area contributed by atoms with Gasteiger partial charge in [0.1, 0.15) is 11.4 Å². The van der Waals surface area contributed by atoms with Crippen LogP contribution in [0.1, 0.15) is 27.4 Å². The van der Waals surface area contributed by atoms with Crippen molar-refractivity contribution in [3.63, 3.8) is 0 Å². The summed E-state index contributed by atoms with van der Waals surface area (Å²) in [6, 6.07) is 9.71. The maximum absolute atomic E-state index is 13.8. The highest BCUT2D eigenvalue weighted by Crippen LogP contribution is 2.56. The Bertz CT molecular complexity index is 790. The van der Waals surface area contributed by atoms with Crippen molar-refractivity contribution < 1.29 is 18.7 Å². The van der Waals surface area contributed by atoms with Crippen molar-refractivity contribution in [2.24, 2.45) is 5.92 Å². The van der Waals surface area contributed by atoms with E-state index in [1.807, 2.05) is 18.2 Å². The fourth-order valence-electron chi connectivity index (χ4n) is 3.52. The first kappa shape index (κ1) is 13.2. The zero-order valence-electron chi connectivity index (χ0n) is 11.5. The third-order valence-corrected chi connectivity index (χ3v) is 4.63. The number of fused-ring (bicyclic) bond motifs is 3. The molecule has 2 aliphatic rings. The summed E-state index contributed by atoms with van der Waals surface area (Å²) in [4.78, 5) is 12.1. The maximum atomic E-state index is 13.8. The summed E-state index contributed by atoms with van der Waals surface area (Å²) in [5.74, 6) is -3.22. The Kier molecular flexibility index (Phi) is 2.73. The standard InChI is InChI=1S/C17H13F2NO2/c18-11-5-6-12(21)15(19)14(11)17(22)20-16-10-7-8-3-1-2-4-9(8)13(10)16/h1-6,10,13,16,21H,7H2,(H,20,22)/t10-,13-,16+/m0/s1. The van der Waals surface area contributed by atoms with Crippen LogP contribution in [0.15, 0.2) is 36.4 Å². The van der Waals surface area contributed by atoms with Crippen molar-refractivity contribution in [2.75, 3.05) is 0 Å². The molecule has 3 atom stereocenters. The number of carbonyl (C=O) groups is 1. The van der Waals surface area contributed by atoms with Crippen LogP contribution in [0.3, 0.4) is 0 Å². The summed E-state index contributed by atoms with van der Waals surface area (Å²) in [6.07, 6.45) is 0.872. The molecule has 1 fully saturated rings. The molecule has 4 rings (SSSR count). The van der Waals surface area contributed by atoms with Gasteiger partial charge in [-0.15, -0.1) is 0 Å². The first-order valence-corrected chi connectivity index (χ1v) is 7.13. The molecular formula is C17H13F2NO2. The fourth-order valence-corrected chi connectivity index (χ4v) is 3.52. The van der Waals surface area contributed by atoms with Crippen LogP contribution >= 0.6 is 0 Å². The van der Waals surface area contributed by atoms with Crippen LogP contribution in [0.5, 0.6) is 5.75 Å². The smallest absolute Gasteiger partial charge is 0.257 e. The van der Waals surface area contributed by atoms with E-state index in [1.54, 1.807) is 0 Å². The van der Waals surface area contributed by atoms with Crippen LogP contribution in [-0.4, -0.2) is 17.1 Å². The Morgan fingerprint density at radius 1 is 1.18 bits per heavy atom. The van der Waals surface area contributed by atoms with Gasteiger partial charge in [-0.1, -0.05) is 24.3 Å². The molecule has 1 saturated carbocycles. The molecule has 0 unspecified atom stereocenters. The van der Waals surface area contributed by atoms with Gasteiger partial charge < -0.3 is 10.4 Å². The van der Waals surface area contributed by atoms with Gasteiger partial charge in [0.05, 0.1) is 0 Å². The number of rotatable bonds is 2. The molecule has 0 radical (unpaired) electrons. The number of benzene rings is 2. The third kappa shape index (κ3) is 1.81. The average molecular weight is 301 g/mol. The predicted octanol–water partition coefficient (Wildman–Crippen LogP) is 2.74. The molecule has 3 nitrogen and oxygen atoms in total. The van der Waals surface area contributed by atoms with Crippen LogP contribution in [0.25, 0.3) is 0 Å². The highest BCUT2D eigenvalue weighted by atomic mass is 19.1. The van der Waals surface area contributed by atoms with Gasteiger partial charge in [-0.2, -0.15) is 0 Å². The molecule has 0 aliphatic heterocycles. The normalized spacial score (nSPS) is 24.5.